The third-order valence-corrected chi connectivity index (χ3v) is 5.42. The van der Waals surface area contributed by atoms with Crippen molar-refractivity contribution in [3.8, 4) is 11.5 Å². The van der Waals surface area contributed by atoms with E-state index < -0.39 is 6.04 Å². The number of hydrogen-bond donors (Lipinski definition) is 1. The predicted molar refractivity (Wildman–Crippen MR) is 109 cm³/mol. The van der Waals surface area contributed by atoms with Crippen molar-refractivity contribution in [2.75, 3.05) is 32.7 Å². The largest absolute Gasteiger partial charge is 0.497 e. The molecule has 0 bridgehead atoms. The lowest BCUT2D eigenvalue weighted by atomic mass is 9.95. The second-order valence-corrected chi connectivity index (χ2v) is 7.26. The van der Waals surface area contributed by atoms with Crippen LogP contribution in [-0.4, -0.2) is 44.7 Å². The molecule has 1 atom stereocenters. The maximum Gasteiger partial charge on any atom is 0.322 e. The van der Waals surface area contributed by atoms with E-state index in [0.717, 1.165) is 0 Å². The van der Waals surface area contributed by atoms with Crippen LogP contribution in [0.1, 0.15) is 11.6 Å². The average molecular weight is 414 g/mol. The molecule has 1 N–H and O–H groups in total. The quantitative estimate of drug-likeness (QED) is 0.834. The van der Waals surface area contributed by atoms with Gasteiger partial charge in [-0.25, -0.2) is 4.79 Å². The number of rotatable bonds is 4. The smallest absolute Gasteiger partial charge is 0.322 e. The van der Waals surface area contributed by atoms with Crippen LogP contribution in [0, 0.1) is 0 Å². The van der Waals surface area contributed by atoms with E-state index in [2.05, 4.69) is 5.32 Å². The Labute approximate surface area is 173 Å². The van der Waals surface area contributed by atoms with Crippen LogP contribution in [0.25, 0.3) is 0 Å². The second kappa shape index (κ2) is 7.33. The van der Waals surface area contributed by atoms with Gasteiger partial charge >= 0.3 is 6.03 Å². The first-order valence-electron chi connectivity index (χ1n) is 9.00. The highest BCUT2D eigenvalue weighted by atomic mass is 35.5. The maximum atomic E-state index is 13.4. The lowest BCUT2D eigenvalue weighted by molar-refractivity contribution is -0.114. The number of anilines is 1. The van der Waals surface area contributed by atoms with Gasteiger partial charge in [0.25, 0.3) is 5.91 Å². The minimum Gasteiger partial charge on any atom is -0.497 e. The Kier molecular flexibility index (Phi) is 4.84. The number of amides is 3. The lowest BCUT2D eigenvalue weighted by Gasteiger charge is -2.31. The summed E-state index contributed by atoms with van der Waals surface area (Å²) in [4.78, 5) is 29.1. The molecule has 0 saturated carbocycles. The van der Waals surface area contributed by atoms with Gasteiger partial charge < -0.3 is 19.7 Å². The van der Waals surface area contributed by atoms with Crippen molar-refractivity contribution >= 4 is 29.2 Å². The molecule has 29 heavy (non-hydrogen) atoms. The molecule has 2 heterocycles. The molecule has 0 saturated heterocycles. The number of urea groups is 1. The summed E-state index contributed by atoms with van der Waals surface area (Å²) < 4.78 is 10.7. The Morgan fingerprint density at radius 3 is 2.38 bits per heavy atom. The van der Waals surface area contributed by atoms with Gasteiger partial charge in [0.15, 0.2) is 0 Å². The van der Waals surface area contributed by atoms with E-state index in [1.165, 1.54) is 4.90 Å². The van der Waals surface area contributed by atoms with Crippen LogP contribution in [0.5, 0.6) is 11.5 Å². The van der Waals surface area contributed by atoms with E-state index in [4.69, 9.17) is 21.1 Å². The van der Waals surface area contributed by atoms with E-state index in [1.807, 2.05) is 6.07 Å². The molecular formula is C21H20ClN3O4. The monoisotopic (exact) mass is 413 g/mol. The number of nitrogens with one attached hydrogen (secondary N) is 1. The fourth-order valence-corrected chi connectivity index (χ4v) is 3.85. The second-order valence-electron chi connectivity index (χ2n) is 6.82. The molecule has 8 heteroatoms. The zero-order chi connectivity index (χ0) is 20.7. The fourth-order valence-electron chi connectivity index (χ4n) is 3.67. The number of carbonyl (C=O) groups is 2. The molecular weight excluding hydrogens is 394 g/mol. The number of likely N-dealkylation sites (N-methyl/N-ethyl adjacent to an activating group) is 1. The molecule has 2 aliphatic heterocycles. The molecule has 150 valence electrons. The molecule has 0 aromatic heterocycles. The van der Waals surface area contributed by atoms with Crippen LogP contribution >= 0.6 is 11.6 Å². The van der Waals surface area contributed by atoms with Crippen molar-refractivity contribution in [3.63, 3.8) is 0 Å². The first kappa shape index (κ1) is 19.1. The van der Waals surface area contributed by atoms with Gasteiger partial charge in [-0.3, -0.25) is 9.69 Å². The van der Waals surface area contributed by atoms with Crippen LogP contribution in [-0.2, 0) is 4.79 Å². The highest BCUT2D eigenvalue weighted by Crippen LogP contribution is 2.39. The lowest BCUT2D eigenvalue weighted by Crippen LogP contribution is -2.45. The van der Waals surface area contributed by atoms with Gasteiger partial charge in [-0.05, 0) is 35.9 Å². The Bertz CT molecular complexity index is 1010. The molecule has 0 radical (unpaired) electrons. The number of nitrogens with zero attached hydrogens (tertiary/aromatic N) is 2. The highest BCUT2D eigenvalue weighted by Gasteiger charge is 2.43. The number of methoxy groups -OCH3 is 2. The summed E-state index contributed by atoms with van der Waals surface area (Å²) in [6, 6.07) is 11.5. The van der Waals surface area contributed by atoms with Crippen molar-refractivity contribution in [2.45, 2.75) is 6.04 Å². The van der Waals surface area contributed by atoms with E-state index in [9.17, 15) is 9.59 Å². The molecule has 0 fully saturated rings. The Hall–Kier alpha value is -3.19. The first-order valence-corrected chi connectivity index (χ1v) is 9.38. The molecule has 7 nitrogen and oxygen atoms in total. The van der Waals surface area contributed by atoms with E-state index in [1.54, 1.807) is 62.6 Å². The minimum atomic E-state index is -0.616. The summed E-state index contributed by atoms with van der Waals surface area (Å²) in [5.41, 5.74) is 2.56. The Balaban J connectivity index is 1.79. The molecule has 1 unspecified atom stereocenters. The van der Waals surface area contributed by atoms with Crippen LogP contribution in [0.3, 0.4) is 0 Å². The van der Waals surface area contributed by atoms with Gasteiger partial charge in [0.2, 0.25) is 0 Å². The van der Waals surface area contributed by atoms with Gasteiger partial charge in [0.05, 0.1) is 38.1 Å². The first-order chi connectivity index (χ1) is 13.9. The maximum absolute atomic E-state index is 13.4. The third kappa shape index (κ3) is 3.27. The number of halogens is 1. The fraction of sp³-hybridized carbons (Fsp3) is 0.238. The van der Waals surface area contributed by atoms with Crippen molar-refractivity contribution in [3.05, 3.63) is 64.3 Å². The molecule has 2 aromatic rings. The summed E-state index contributed by atoms with van der Waals surface area (Å²) >= 11 is 6.11. The van der Waals surface area contributed by atoms with E-state index in [-0.39, 0.29) is 18.5 Å². The van der Waals surface area contributed by atoms with Crippen LogP contribution in [0.4, 0.5) is 10.5 Å². The zero-order valence-corrected chi connectivity index (χ0v) is 17.0. The molecule has 2 aromatic carbocycles. The molecule has 0 aliphatic carbocycles. The third-order valence-electron chi connectivity index (χ3n) is 5.19. The van der Waals surface area contributed by atoms with Crippen molar-refractivity contribution in [2.24, 2.45) is 0 Å². The summed E-state index contributed by atoms with van der Waals surface area (Å²) in [6.07, 6.45) is 0. The topological polar surface area (TPSA) is 71.1 Å². The Morgan fingerprint density at radius 1 is 1.07 bits per heavy atom. The number of hydrogen-bond acceptors (Lipinski definition) is 4. The van der Waals surface area contributed by atoms with Gasteiger partial charge in [-0.15, -0.1) is 0 Å². The number of carbonyl (C=O) groups excluding carboxylic acids is 2. The van der Waals surface area contributed by atoms with Crippen LogP contribution in [0.15, 0.2) is 53.7 Å². The van der Waals surface area contributed by atoms with E-state index >= 15 is 0 Å². The molecule has 2 aliphatic rings. The summed E-state index contributed by atoms with van der Waals surface area (Å²) in [7, 11) is 4.76. The van der Waals surface area contributed by atoms with Gasteiger partial charge in [0.1, 0.15) is 11.5 Å². The predicted octanol–water partition coefficient (Wildman–Crippen LogP) is 3.35. The van der Waals surface area contributed by atoms with Crippen molar-refractivity contribution < 1.29 is 19.1 Å². The van der Waals surface area contributed by atoms with Crippen molar-refractivity contribution in [1.29, 1.82) is 0 Å². The van der Waals surface area contributed by atoms with Gasteiger partial charge in [-0.1, -0.05) is 17.7 Å². The average Bonchev–Trinajstić information content (AvgIpc) is 3.07. The summed E-state index contributed by atoms with van der Waals surface area (Å²) in [6.45, 7) is 0.288. The van der Waals surface area contributed by atoms with E-state index in [0.29, 0.717) is 39.0 Å². The van der Waals surface area contributed by atoms with Crippen molar-refractivity contribution in [1.82, 2.24) is 10.2 Å². The van der Waals surface area contributed by atoms with Crippen LogP contribution in [0.2, 0.25) is 5.02 Å². The number of benzene rings is 2. The minimum absolute atomic E-state index is 0.180. The van der Waals surface area contributed by atoms with Gasteiger partial charge in [0, 0.05) is 23.8 Å². The highest BCUT2D eigenvalue weighted by molar-refractivity contribution is 6.31. The SMILES string of the molecule is COc1cc(OC)cc(C2NC(=O)N(C)C3=C2C(=O)N(c2cccc(Cl)c2)C3)c1. The molecule has 4 rings (SSSR count). The standard InChI is InChI=1S/C21H20ClN3O4/c1-24-17-11-25(14-6-4-5-13(22)9-14)20(26)18(17)19(23-21(24)27)12-7-15(28-2)10-16(8-12)29-3/h4-10,19H,11H2,1-3H3,(H,23,27). The molecule has 3 amide bonds. The zero-order valence-electron chi connectivity index (χ0n) is 16.2. The number of ether oxygens (including phenoxy) is 2. The normalized spacial score (nSPS) is 18.7. The summed E-state index contributed by atoms with van der Waals surface area (Å²) in [5, 5.41) is 3.45. The Morgan fingerprint density at radius 2 is 1.76 bits per heavy atom. The summed E-state index contributed by atoms with van der Waals surface area (Å²) in [5.74, 6) is 0.972. The van der Waals surface area contributed by atoms with Crippen LogP contribution < -0.4 is 19.7 Å². The molecule has 0 spiro atoms. The van der Waals surface area contributed by atoms with Gasteiger partial charge in [-0.2, -0.15) is 0 Å².